The van der Waals surface area contributed by atoms with Crippen LogP contribution < -0.4 is 0 Å². The quantitative estimate of drug-likeness (QED) is 0.604. The zero-order valence-corrected chi connectivity index (χ0v) is 18.0. The van der Waals surface area contributed by atoms with Crippen molar-refractivity contribution >= 4 is 44.1 Å². The fraction of sp³-hybridized carbons (Fsp3) is 0.300. The number of carbonyl (C=O) groups is 2. The molecule has 0 atom stereocenters. The molecule has 1 saturated heterocycles. The van der Waals surface area contributed by atoms with Crippen LogP contribution in [0.5, 0.6) is 0 Å². The van der Waals surface area contributed by atoms with Gasteiger partial charge in [-0.05, 0) is 17.7 Å². The minimum atomic E-state index is -3.71. The summed E-state index contributed by atoms with van der Waals surface area (Å²) in [7, 11) is -2.46. The number of fused-ring (bicyclic) bond motifs is 1. The molecule has 1 amide bonds. The number of aromatic nitrogens is 1. The first-order valence-corrected chi connectivity index (χ1v) is 11.7. The third-order valence-corrected chi connectivity index (χ3v) is 8.51. The molecule has 158 valence electrons. The fourth-order valence-corrected chi connectivity index (χ4v) is 6.26. The summed E-state index contributed by atoms with van der Waals surface area (Å²) in [6, 6.07) is 9.14. The number of H-pyrrole nitrogens is 1. The largest absolute Gasteiger partial charge is 0.465 e. The Bertz CT molecular complexity index is 1190. The van der Waals surface area contributed by atoms with Crippen LogP contribution in [0.4, 0.5) is 0 Å². The number of hydrogen-bond donors (Lipinski definition) is 1. The standard InChI is InChI=1S/C20H21N3O5S2/c1-28-20(25)15-11-19(29-13-15)30(26,27)23-8-6-22(7-9-23)18(24)10-14-12-21-17-5-3-2-4-16(14)17/h2-5,11-13,21H,6-10H2,1H3. The molecule has 8 nitrogen and oxygen atoms in total. The maximum atomic E-state index is 12.9. The van der Waals surface area contributed by atoms with E-state index in [1.54, 1.807) is 4.90 Å². The topological polar surface area (TPSA) is 99.8 Å². The molecule has 0 saturated carbocycles. The van der Waals surface area contributed by atoms with E-state index in [9.17, 15) is 18.0 Å². The summed E-state index contributed by atoms with van der Waals surface area (Å²) in [4.78, 5) is 29.2. The van der Waals surface area contributed by atoms with Crippen LogP contribution >= 0.6 is 11.3 Å². The second-order valence-corrected chi connectivity index (χ2v) is 10.0. The Morgan fingerprint density at radius 3 is 2.63 bits per heavy atom. The summed E-state index contributed by atoms with van der Waals surface area (Å²) in [6.07, 6.45) is 2.11. The number of aromatic amines is 1. The van der Waals surface area contributed by atoms with E-state index in [4.69, 9.17) is 0 Å². The zero-order chi connectivity index (χ0) is 21.3. The number of rotatable bonds is 5. The number of sulfonamides is 1. The Hall–Kier alpha value is -2.69. The molecule has 1 N–H and O–H groups in total. The highest BCUT2D eigenvalue weighted by Gasteiger charge is 2.31. The van der Waals surface area contributed by atoms with Gasteiger partial charge >= 0.3 is 5.97 Å². The lowest BCUT2D eigenvalue weighted by Crippen LogP contribution is -2.50. The van der Waals surface area contributed by atoms with Crippen molar-refractivity contribution in [2.24, 2.45) is 0 Å². The number of piperazine rings is 1. The van der Waals surface area contributed by atoms with Gasteiger partial charge in [-0.25, -0.2) is 13.2 Å². The van der Waals surface area contributed by atoms with Gasteiger partial charge in [0.25, 0.3) is 10.0 Å². The Morgan fingerprint density at radius 2 is 1.90 bits per heavy atom. The first-order chi connectivity index (χ1) is 14.4. The average Bonchev–Trinajstić information content (AvgIpc) is 3.42. The summed E-state index contributed by atoms with van der Waals surface area (Å²) >= 11 is 0.990. The highest BCUT2D eigenvalue weighted by Crippen LogP contribution is 2.26. The van der Waals surface area contributed by atoms with E-state index >= 15 is 0 Å². The van der Waals surface area contributed by atoms with Crippen molar-refractivity contribution < 1.29 is 22.7 Å². The lowest BCUT2D eigenvalue weighted by atomic mass is 10.1. The van der Waals surface area contributed by atoms with E-state index in [2.05, 4.69) is 9.72 Å². The molecule has 3 aromatic rings. The number of nitrogens with zero attached hydrogens (tertiary/aromatic N) is 2. The molecular weight excluding hydrogens is 426 g/mol. The lowest BCUT2D eigenvalue weighted by Gasteiger charge is -2.33. The molecule has 1 aromatic carbocycles. The number of esters is 1. The molecule has 30 heavy (non-hydrogen) atoms. The summed E-state index contributed by atoms with van der Waals surface area (Å²) < 4.78 is 31.8. The first kappa shape index (κ1) is 20.6. The van der Waals surface area contributed by atoms with E-state index in [1.165, 1.54) is 22.9 Å². The van der Waals surface area contributed by atoms with Crippen molar-refractivity contribution in [3.8, 4) is 0 Å². The number of thiophene rings is 1. The van der Waals surface area contributed by atoms with E-state index in [0.29, 0.717) is 13.1 Å². The van der Waals surface area contributed by atoms with E-state index < -0.39 is 16.0 Å². The van der Waals surface area contributed by atoms with Crippen LogP contribution in [0.2, 0.25) is 0 Å². The number of ether oxygens (including phenoxy) is 1. The van der Waals surface area contributed by atoms with Gasteiger partial charge in [0.15, 0.2) is 0 Å². The number of amides is 1. The highest BCUT2D eigenvalue weighted by molar-refractivity contribution is 7.91. The maximum absolute atomic E-state index is 12.9. The van der Waals surface area contributed by atoms with Crippen LogP contribution in [0.3, 0.4) is 0 Å². The van der Waals surface area contributed by atoms with Crippen LogP contribution in [-0.4, -0.2) is 67.8 Å². The Morgan fingerprint density at radius 1 is 1.17 bits per heavy atom. The van der Waals surface area contributed by atoms with E-state index in [1.807, 2.05) is 30.5 Å². The second-order valence-electron chi connectivity index (χ2n) is 6.97. The van der Waals surface area contributed by atoms with Gasteiger partial charge in [0.2, 0.25) is 5.91 Å². The Balaban J connectivity index is 1.40. The third-order valence-electron chi connectivity index (χ3n) is 5.20. The molecule has 0 unspecified atom stereocenters. The van der Waals surface area contributed by atoms with Gasteiger partial charge in [-0.2, -0.15) is 4.31 Å². The number of nitrogens with one attached hydrogen (secondary N) is 1. The summed E-state index contributed by atoms with van der Waals surface area (Å²) in [5, 5.41) is 2.49. The summed E-state index contributed by atoms with van der Waals surface area (Å²) in [6.45, 7) is 1.09. The normalized spacial score (nSPS) is 15.4. The molecule has 0 aliphatic carbocycles. The molecule has 0 radical (unpaired) electrons. The summed E-state index contributed by atoms with van der Waals surface area (Å²) in [5.74, 6) is -0.596. The van der Waals surface area contributed by atoms with Gasteiger partial charge in [-0.3, -0.25) is 4.79 Å². The van der Waals surface area contributed by atoms with Crippen molar-refractivity contribution in [3.05, 3.63) is 53.0 Å². The van der Waals surface area contributed by atoms with E-state index in [-0.39, 0.29) is 35.2 Å². The highest BCUT2D eigenvalue weighted by atomic mass is 32.2. The molecule has 2 aromatic heterocycles. The van der Waals surface area contributed by atoms with Gasteiger partial charge in [0, 0.05) is 48.7 Å². The van der Waals surface area contributed by atoms with Gasteiger partial charge in [0.1, 0.15) is 4.21 Å². The Labute approximate surface area is 178 Å². The van der Waals surface area contributed by atoms with Crippen LogP contribution in [0, 0.1) is 0 Å². The molecule has 3 heterocycles. The Kier molecular flexibility index (Phi) is 5.63. The third kappa shape index (κ3) is 3.85. The number of methoxy groups -OCH3 is 1. The van der Waals surface area contributed by atoms with Crippen molar-refractivity contribution in [1.29, 1.82) is 0 Å². The molecule has 1 fully saturated rings. The fourth-order valence-electron chi connectivity index (χ4n) is 3.53. The van der Waals surface area contributed by atoms with Crippen molar-refractivity contribution in [3.63, 3.8) is 0 Å². The molecule has 1 aliphatic rings. The minimum Gasteiger partial charge on any atom is -0.465 e. The molecule has 0 spiro atoms. The van der Waals surface area contributed by atoms with Crippen molar-refractivity contribution in [2.75, 3.05) is 33.3 Å². The molecular formula is C20H21N3O5S2. The second kappa shape index (κ2) is 8.21. The van der Waals surface area contributed by atoms with Crippen LogP contribution in [0.15, 0.2) is 46.1 Å². The predicted molar refractivity (Wildman–Crippen MR) is 113 cm³/mol. The number of hydrogen-bond acceptors (Lipinski definition) is 6. The van der Waals surface area contributed by atoms with Crippen molar-refractivity contribution in [1.82, 2.24) is 14.2 Å². The van der Waals surface area contributed by atoms with Gasteiger partial charge in [-0.1, -0.05) is 18.2 Å². The van der Waals surface area contributed by atoms with Gasteiger partial charge < -0.3 is 14.6 Å². The number of carbonyl (C=O) groups excluding carboxylic acids is 2. The van der Waals surface area contributed by atoms with Crippen LogP contribution in [0.25, 0.3) is 10.9 Å². The monoisotopic (exact) mass is 447 g/mol. The smallest absolute Gasteiger partial charge is 0.338 e. The van der Waals surface area contributed by atoms with Crippen LogP contribution in [0.1, 0.15) is 15.9 Å². The first-order valence-electron chi connectivity index (χ1n) is 9.40. The maximum Gasteiger partial charge on any atom is 0.338 e. The average molecular weight is 448 g/mol. The molecule has 10 heteroatoms. The summed E-state index contributed by atoms with van der Waals surface area (Å²) in [5.41, 5.74) is 2.13. The minimum absolute atomic E-state index is 0.0269. The molecule has 1 aliphatic heterocycles. The van der Waals surface area contributed by atoms with Gasteiger partial charge in [0.05, 0.1) is 19.1 Å². The van der Waals surface area contributed by atoms with Crippen molar-refractivity contribution in [2.45, 2.75) is 10.6 Å². The van der Waals surface area contributed by atoms with Gasteiger partial charge in [-0.15, -0.1) is 11.3 Å². The molecule has 4 rings (SSSR count). The van der Waals surface area contributed by atoms with Crippen LogP contribution in [-0.2, 0) is 26.0 Å². The predicted octanol–water partition coefficient (Wildman–Crippen LogP) is 2.09. The van der Waals surface area contributed by atoms with E-state index in [0.717, 1.165) is 27.8 Å². The zero-order valence-electron chi connectivity index (χ0n) is 16.3. The number of para-hydroxylation sites is 1. The lowest BCUT2D eigenvalue weighted by molar-refractivity contribution is -0.131. The molecule has 0 bridgehead atoms. The number of benzene rings is 1. The SMILES string of the molecule is COC(=O)c1csc(S(=O)(=O)N2CCN(C(=O)Cc3c[nH]c4ccccc34)CC2)c1.